The number of halogens is 37. The Bertz CT molecular complexity index is 2570. The number of rotatable bonds is 22. The highest BCUT2D eigenvalue weighted by molar-refractivity contribution is 9.10. The Morgan fingerprint density at radius 3 is 0.975 bits per heavy atom. The normalized spacial score (nSPS) is 16.8. The molecule has 0 aliphatic rings. The summed E-state index contributed by atoms with van der Waals surface area (Å²) in [5.41, 5.74) is -4.22. The fourth-order valence-electron chi connectivity index (χ4n) is 4.11. The molecular weight excluding hydrogens is 1370 g/mol. The summed E-state index contributed by atoms with van der Waals surface area (Å²) >= 11 is 20.8. The molecule has 0 aromatic heterocycles. The van der Waals surface area contributed by atoms with Crippen LogP contribution in [0.5, 0.6) is 11.5 Å². The molecule has 4 unspecified atom stereocenters. The Hall–Kier alpha value is -4.04. The molecule has 79 heavy (non-hydrogen) atoms. The molecule has 0 saturated carbocycles. The lowest BCUT2D eigenvalue weighted by Gasteiger charge is -2.40. The Kier molecular flexibility index (Phi) is 21.2. The highest BCUT2D eigenvalue weighted by Crippen LogP contribution is 2.59. The summed E-state index contributed by atoms with van der Waals surface area (Å²) < 4.78 is 431. The van der Waals surface area contributed by atoms with Gasteiger partial charge in [0.25, 0.3) is 21.0 Å². The predicted molar refractivity (Wildman–Crippen MR) is 188 cm³/mol. The van der Waals surface area contributed by atoms with E-state index in [0.29, 0.717) is 24.3 Å². The zero-order chi connectivity index (χ0) is 63.3. The maximum Gasteiger partial charge on any atom is 0.471 e. The molecule has 0 radical (unpaired) electrons. The average molecular weight is 1380 g/mol. The fraction of sp³-hybridized carbons (Fsp3) is 0.500. The minimum absolute atomic E-state index is 0.0398. The minimum Gasteiger partial charge on any atom is -0.428 e. The van der Waals surface area contributed by atoms with E-state index in [1.807, 2.05) is 0 Å². The molecule has 0 aliphatic heterocycles. The lowest BCUT2D eigenvalue weighted by Crippen LogP contribution is -2.67. The number of ether oxygens (including phenoxy) is 6. The quantitative estimate of drug-likeness (QED) is 0.0639. The molecular formula is C32H7BrCl4F32O10. The molecule has 2 aromatic rings. The molecule has 0 spiro atoms. The van der Waals surface area contributed by atoms with E-state index in [0.717, 1.165) is 15.9 Å². The van der Waals surface area contributed by atoms with Crippen molar-refractivity contribution in [3.63, 3.8) is 0 Å². The molecule has 2 rings (SSSR count). The molecule has 0 amide bonds. The van der Waals surface area contributed by atoms with E-state index < -0.39 is 151 Å². The molecule has 0 N–H and O–H groups in total. The molecule has 4 atom stereocenters. The van der Waals surface area contributed by atoms with Gasteiger partial charge in [-0.15, -0.1) is 0 Å². The predicted octanol–water partition coefficient (Wildman–Crippen LogP) is 15.4. The summed E-state index contributed by atoms with van der Waals surface area (Å²) in [5, 5.41) is -6.55. The van der Waals surface area contributed by atoms with Crippen LogP contribution in [0.15, 0.2) is 36.4 Å². The third kappa shape index (κ3) is 15.3. The topological polar surface area (TPSA) is 124 Å². The Morgan fingerprint density at radius 2 is 0.696 bits per heavy atom. The molecule has 0 bridgehead atoms. The number of carbonyl (C=O) groups excluding carboxylic acids is 4. The van der Waals surface area contributed by atoms with E-state index in [9.17, 15) is 160 Å². The van der Waals surface area contributed by atoms with Gasteiger partial charge in [0.1, 0.15) is 11.5 Å². The summed E-state index contributed by atoms with van der Waals surface area (Å²) in [6.45, 7) is 0. The smallest absolute Gasteiger partial charge is 0.428 e. The van der Waals surface area contributed by atoms with Crippen molar-refractivity contribution in [1.82, 2.24) is 0 Å². The average Bonchev–Trinajstić information content (AvgIpc) is 3.20. The van der Waals surface area contributed by atoms with E-state index in [1.165, 1.54) is 9.47 Å². The van der Waals surface area contributed by atoms with Gasteiger partial charge in [0.05, 0.1) is 11.1 Å². The number of alkyl halides is 33. The first kappa shape index (κ1) is 73.0. The lowest BCUT2D eigenvalue weighted by molar-refractivity contribution is -0.545. The van der Waals surface area contributed by atoms with Crippen LogP contribution in [0, 0.1) is 0 Å². The summed E-state index contributed by atoms with van der Waals surface area (Å²) in [6.07, 6.45) is -79.7. The van der Waals surface area contributed by atoms with Gasteiger partial charge >= 0.3 is 96.0 Å². The van der Waals surface area contributed by atoms with Crippen molar-refractivity contribution in [3.8, 4) is 11.5 Å². The van der Waals surface area contributed by atoms with Crippen LogP contribution < -0.4 is 9.47 Å². The fourth-order valence-corrected chi connectivity index (χ4v) is 4.94. The summed E-state index contributed by atoms with van der Waals surface area (Å²) in [4.78, 5) is 44.7. The van der Waals surface area contributed by atoms with E-state index in [4.69, 9.17) is 46.4 Å². The first-order valence-corrected chi connectivity index (χ1v) is 19.6. The van der Waals surface area contributed by atoms with Gasteiger partial charge in [-0.25, -0.2) is 4.39 Å². The van der Waals surface area contributed by atoms with E-state index in [-0.39, 0.29) is 12.1 Å². The van der Waals surface area contributed by atoms with E-state index >= 15 is 0 Å². The first-order valence-electron chi connectivity index (χ1n) is 17.3. The van der Waals surface area contributed by atoms with Crippen LogP contribution in [0.1, 0.15) is 41.4 Å². The maximum absolute atomic E-state index is 14.4. The Morgan fingerprint density at radius 1 is 0.392 bits per heavy atom. The molecule has 2 aromatic carbocycles. The molecule has 0 saturated heterocycles. The Labute approximate surface area is 436 Å². The van der Waals surface area contributed by atoms with Crippen LogP contribution in [0.4, 0.5) is 140 Å². The van der Waals surface area contributed by atoms with Gasteiger partial charge in [0, 0.05) is 11.1 Å². The van der Waals surface area contributed by atoms with Gasteiger partial charge in [-0.1, -0.05) is 0 Å². The number of benzene rings is 2. The maximum atomic E-state index is 14.4. The molecule has 47 heteroatoms. The molecule has 0 heterocycles. The van der Waals surface area contributed by atoms with Crippen LogP contribution in [0.2, 0.25) is 0 Å². The van der Waals surface area contributed by atoms with Gasteiger partial charge in [-0.05, 0) is 98.7 Å². The SMILES string of the molecule is O=C(Cl)c1ccc(C(=O)Cl)c(OC(F)(F)C(F)(Br)OC(F)(F)C(F)(OC(F)(F)C(F)(F)C(F)(F)F)C(F)(F)F)c1.O=C(Cl)c1ccc(C(=O)Cl)c(OC(F)(F)C(F)OC(F)(F)C(F)(OC(F)(F)C(F)(F)C(F)(F)F)C(F)(F)F)c1. The van der Waals surface area contributed by atoms with E-state index in [1.54, 1.807) is 0 Å². The monoisotopic (exact) mass is 1380 g/mol. The van der Waals surface area contributed by atoms with Gasteiger partial charge < -0.3 is 9.47 Å². The highest BCUT2D eigenvalue weighted by Gasteiger charge is 2.86. The van der Waals surface area contributed by atoms with Crippen LogP contribution in [0.3, 0.4) is 0 Å². The van der Waals surface area contributed by atoms with Crippen LogP contribution in [0.25, 0.3) is 0 Å². The molecule has 454 valence electrons. The van der Waals surface area contributed by atoms with Gasteiger partial charge in [0.2, 0.25) is 0 Å². The van der Waals surface area contributed by atoms with Gasteiger partial charge in [-0.3, -0.25) is 38.1 Å². The van der Waals surface area contributed by atoms with Crippen molar-refractivity contribution >= 4 is 83.3 Å². The van der Waals surface area contributed by atoms with Crippen molar-refractivity contribution in [2.24, 2.45) is 0 Å². The summed E-state index contributed by atoms with van der Waals surface area (Å²) in [5.74, 6) is -35.0. The second-order valence-electron chi connectivity index (χ2n) is 13.5. The van der Waals surface area contributed by atoms with Crippen molar-refractivity contribution in [2.75, 3.05) is 0 Å². The Balaban J connectivity index is 0.000000790. The third-order valence-electron chi connectivity index (χ3n) is 7.89. The zero-order valence-corrected chi connectivity index (χ0v) is 39.2. The number of hydrogen-bond donors (Lipinski definition) is 0. The van der Waals surface area contributed by atoms with Crippen LogP contribution in [-0.4, -0.2) is 117 Å². The molecule has 0 aliphatic carbocycles. The highest BCUT2D eigenvalue weighted by atomic mass is 79.9. The largest absolute Gasteiger partial charge is 0.471 e. The van der Waals surface area contributed by atoms with Crippen molar-refractivity contribution in [3.05, 3.63) is 58.7 Å². The lowest BCUT2D eigenvalue weighted by atomic mass is 10.1. The zero-order valence-electron chi connectivity index (χ0n) is 34.6. The van der Waals surface area contributed by atoms with E-state index in [2.05, 4.69) is 18.9 Å². The second kappa shape index (κ2) is 23.0. The van der Waals surface area contributed by atoms with Crippen LogP contribution in [-0.2, 0) is 18.9 Å². The van der Waals surface area contributed by atoms with Crippen molar-refractivity contribution in [2.45, 2.75) is 96.0 Å². The van der Waals surface area contributed by atoms with Crippen molar-refractivity contribution in [1.29, 1.82) is 0 Å². The van der Waals surface area contributed by atoms with Crippen LogP contribution >= 0.6 is 62.3 Å². The molecule has 10 nitrogen and oxygen atoms in total. The third-order valence-corrected chi connectivity index (χ3v) is 9.36. The van der Waals surface area contributed by atoms with Gasteiger partial charge in [0.15, 0.2) is 0 Å². The first-order chi connectivity index (χ1) is 34.4. The minimum atomic E-state index is -7.93. The van der Waals surface area contributed by atoms with Crippen molar-refractivity contribution < 1.29 is 188 Å². The summed E-state index contributed by atoms with van der Waals surface area (Å²) in [6, 6.07) is 2.04. The number of carbonyl (C=O) groups is 4. The summed E-state index contributed by atoms with van der Waals surface area (Å²) in [7, 11) is 0. The van der Waals surface area contributed by atoms with Gasteiger partial charge in [-0.2, -0.15) is 136 Å². The second-order valence-corrected chi connectivity index (χ2v) is 15.8. The number of hydrogen-bond acceptors (Lipinski definition) is 10. The molecule has 0 fully saturated rings. The standard InChI is InChI=1S/C16H3BrCl2F16O5.C16H4Cl2F16O5/c17-11(23,16(34,35)38-6-3-4(7(18)36)1-2-5(6)8(19)37)40-15(32,33)10(22,13(27,28)29)39-14(30,31)9(20,21)12(24,25)26;17-7(35)4-1-2-5(8(18)36)6(3-4)37-10(20,21)9(19)38-16(33,34)12(24,14(28,29)30)39-15(31,32)11(22,23)13(25,26)27/h1-3H;1-3,9H.